The molecule has 2 nitrogen and oxygen atoms in total. The fraction of sp³-hybridized carbons (Fsp3) is 0.857. The molecular weight excluding hydrogens is 144 g/mol. The van der Waals surface area contributed by atoms with Crippen LogP contribution in [-0.2, 0) is 0 Å². The van der Waals surface area contributed by atoms with E-state index in [1.165, 1.54) is 12.3 Å². The number of thiol groups is 1. The Kier molecular flexibility index (Phi) is 2.60. The largest absolute Gasteiger partial charge is 0.349 e. The lowest BCUT2D eigenvalue weighted by Gasteiger charge is -2.21. The highest BCUT2D eigenvalue weighted by Gasteiger charge is 2.19. The van der Waals surface area contributed by atoms with Crippen molar-refractivity contribution in [1.29, 1.82) is 0 Å². The summed E-state index contributed by atoms with van der Waals surface area (Å²) in [5, 5.41) is 0.321. The quantitative estimate of drug-likeness (QED) is 0.570. The molecule has 0 spiro atoms. The lowest BCUT2D eigenvalue weighted by molar-refractivity contribution is 0.449. The molecule has 0 aromatic rings. The molecule has 1 rings (SSSR count). The van der Waals surface area contributed by atoms with Gasteiger partial charge in [0.25, 0.3) is 0 Å². The SMILES string of the molecule is C/N=C1/CCCN1C(C)S. The Morgan fingerprint density at radius 1 is 1.70 bits per heavy atom. The van der Waals surface area contributed by atoms with Crippen LogP contribution in [0.5, 0.6) is 0 Å². The number of nitrogens with zero attached hydrogens (tertiary/aromatic N) is 2. The number of amidine groups is 1. The van der Waals surface area contributed by atoms with Crippen LogP contribution < -0.4 is 0 Å². The minimum Gasteiger partial charge on any atom is -0.349 e. The fourth-order valence-electron chi connectivity index (χ4n) is 1.32. The van der Waals surface area contributed by atoms with E-state index in [1.807, 2.05) is 7.05 Å². The van der Waals surface area contributed by atoms with E-state index in [4.69, 9.17) is 0 Å². The standard InChI is InChI=1S/C7H14N2S/c1-6(10)9-5-3-4-7(9)8-2/h6,10H,3-5H2,1-2H3/b8-7-. The smallest absolute Gasteiger partial charge is 0.0994 e. The van der Waals surface area contributed by atoms with Crippen molar-refractivity contribution in [2.75, 3.05) is 13.6 Å². The number of rotatable bonds is 1. The molecule has 1 heterocycles. The third-order valence-electron chi connectivity index (χ3n) is 1.84. The first-order valence-corrected chi connectivity index (χ1v) is 4.17. The van der Waals surface area contributed by atoms with Crippen LogP contribution in [0.2, 0.25) is 0 Å². The van der Waals surface area contributed by atoms with Gasteiger partial charge in [-0.05, 0) is 13.3 Å². The van der Waals surface area contributed by atoms with Crippen LogP contribution in [0.1, 0.15) is 19.8 Å². The molecule has 0 N–H and O–H groups in total. The second-order valence-corrected chi connectivity index (χ2v) is 3.32. The van der Waals surface area contributed by atoms with Crippen LogP contribution >= 0.6 is 12.6 Å². The number of hydrogen-bond acceptors (Lipinski definition) is 2. The second-order valence-electron chi connectivity index (χ2n) is 2.57. The molecule has 0 amide bonds. The van der Waals surface area contributed by atoms with Gasteiger partial charge < -0.3 is 4.90 Å². The Hall–Kier alpha value is -0.180. The predicted octanol–water partition coefficient (Wildman–Crippen LogP) is 1.39. The Balaban J connectivity index is 2.59. The van der Waals surface area contributed by atoms with Gasteiger partial charge in [-0.1, -0.05) is 0 Å². The van der Waals surface area contributed by atoms with Crippen LogP contribution in [0.15, 0.2) is 4.99 Å². The highest BCUT2D eigenvalue weighted by molar-refractivity contribution is 7.80. The number of hydrogen-bond donors (Lipinski definition) is 1. The molecule has 1 unspecified atom stereocenters. The van der Waals surface area contributed by atoms with E-state index in [2.05, 4.69) is 29.4 Å². The van der Waals surface area contributed by atoms with E-state index in [0.29, 0.717) is 5.37 Å². The third-order valence-corrected chi connectivity index (χ3v) is 2.12. The van der Waals surface area contributed by atoms with Crippen LogP contribution in [0.3, 0.4) is 0 Å². The topological polar surface area (TPSA) is 15.6 Å². The molecule has 1 aliphatic rings. The van der Waals surface area contributed by atoms with Gasteiger partial charge in [0.2, 0.25) is 0 Å². The third kappa shape index (κ3) is 1.45. The average molecular weight is 158 g/mol. The molecule has 1 atom stereocenters. The predicted molar refractivity (Wildman–Crippen MR) is 47.7 cm³/mol. The van der Waals surface area contributed by atoms with Gasteiger partial charge in [0.05, 0.1) is 11.2 Å². The van der Waals surface area contributed by atoms with Crippen molar-refractivity contribution in [3.05, 3.63) is 0 Å². The lowest BCUT2D eigenvalue weighted by Crippen LogP contribution is -2.30. The van der Waals surface area contributed by atoms with Gasteiger partial charge in [-0.3, -0.25) is 4.99 Å². The zero-order valence-corrected chi connectivity index (χ0v) is 7.43. The van der Waals surface area contributed by atoms with Crippen LogP contribution in [0.25, 0.3) is 0 Å². The number of aliphatic imine (C=N–C) groups is 1. The molecule has 0 aromatic carbocycles. The summed E-state index contributed by atoms with van der Waals surface area (Å²) in [5.74, 6) is 1.21. The van der Waals surface area contributed by atoms with Gasteiger partial charge in [-0.2, -0.15) is 12.6 Å². The molecule has 0 aromatic heterocycles. The summed E-state index contributed by atoms with van der Waals surface area (Å²) >= 11 is 4.35. The summed E-state index contributed by atoms with van der Waals surface area (Å²) in [7, 11) is 1.85. The van der Waals surface area contributed by atoms with E-state index >= 15 is 0 Å². The molecule has 1 aliphatic heterocycles. The van der Waals surface area contributed by atoms with Crippen molar-refractivity contribution in [3.63, 3.8) is 0 Å². The highest BCUT2D eigenvalue weighted by atomic mass is 32.1. The maximum atomic E-state index is 4.35. The lowest BCUT2D eigenvalue weighted by atomic mass is 10.4. The molecule has 1 saturated heterocycles. The van der Waals surface area contributed by atoms with Crippen molar-refractivity contribution >= 4 is 18.5 Å². The molecule has 0 aliphatic carbocycles. The molecule has 0 bridgehead atoms. The molecule has 0 saturated carbocycles. The second kappa shape index (κ2) is 3.28. The molecule has 0 radical (unpaired) electrons. The van der Waals surface area contributed by atoms with Gasteiger partial charge in [-0.25, -0.2) is 0 Å². The van der Waals surface area contributed by atoms with E-state index in [0.717, 1.165) is 13.0 Å². The van der Waals surface area contributed by atoms with Gasteiger partial charge in [-0.15, -0.1) is 0 Å². The Morgan fingerprint density at radius 2 is 2.40 bits per heavy atom. The maximum Gasteiger partial charge on any atom is 0.0994 e. The van der Waals surface area contributed by atoms with Crippen molar-refractivity contribution in [1.82, 2.24) is 4.90 Å². The summed E-state index contributed by atoms with van der Waals surface area (Å²) in [6.45, 7) is 3.21. The Bertz CT molecular complexity index is 143. The van der Waals surface area contributed by atoms with E-state index in [1.54, 1.807) is 0 Å². The zero-order chi connectivity index (χ0) is 7.56. The van der Waals surface area contributed by atoms with Crippen molar-refractivity contribution < 1.29 is 0 Å². The van der Waals surface area contributed by atoms with E-state index in [-0.39, 0.29) is 0 Å². The maximum absolute atomic E-state index is 4.35. The summed E-state index contributed by atoms with van der Waals surface area (Å²) in [6.07, 6.45) is 2.36. The van der Waals surface area contributed by atoms with E-state index < -0.39 is 0 Å². The molecule has 1 fully saturated rings. The minimum atomic E-state index is 0.321. The normalized spacial score (nSPS) is 25.9. The molecule has 3 heteroatoms. The zero-order valence-electron chi connectivity index (χ0n) is 6.54. The minimum absolute atomic E-state index is 0.321. The van der Waals surface area contributed by atoms with Gasteiger partial charge in [0.15, 0.2) is 0 Å². The first-order chi connectivity index (χ1) is 4.75. The molecule has 58 valence electrons. The number of likely N-dealkylation sites (tertiary alicyclic amines) is 1. The van der Waals surface area contributed by atoms with Gasteiger partial charge in [0, 0.05) is 20.0 Å². The monoisotopic (exact) mass is 158 g/mol. The van der Waals surface area contributed by atoms with Crippen molar-refractivity contribution in [3.8, 4) is 0 Å². The van der Waals surface area contributed by atoms with Crippen molar-refractivity contribution in [2.45, 2.75) is 25.1 Å². The van der Waals surface area contributed by atoms with Gasteiger partial charge >= 0.3 is 0 Å². The Morgan fingerprint density at radius 3 is 2.80 bits per heavy atom. The summed E-state index contributed by atoms with van der Waals surface area (Å²) in [4.78, 5) is 6.42. The van der Waals surface area contributed by atoms with Crippen molar-refractivity contribution in [2.24, 2.45) is 4.99 Å². The van der Waals surface area contributed by atoms with Crippen LogP contribution in [0.4, 0.5) is 0 Å². The Labute approximate surface area is 67.7 Å². The average Bonchev–Trinajstić information content (AvgIpc) is 2.33. The van der Waals surface area contributed by atoms with Crippen LogP contribution in [0, 0.1) is 0 Å². The fourth-order valence-corrected chi connectivity index (χ4v) is 1.57. The highest BCUT2D eigenvalue weighted by Crippen LogP contribution is 2.16. The van der Waals surface area contributed by atoms with Crippen LogP contribution in [-0.4, -0.2) is 29.7 Å². The molecular formula is C7H14N2S. The summed E-state index contributed by atoms with van der Waals surface area (Å²) < 4.78 is 0. The molecule has 10 heavy (non-hydrogen) atoms. The summed E-state index contributed by atoms with van der Waals surface area (Å²) in [6, 6.07) is 0. The van der Waals surface area contributed by atoms with E-state index in [9.17, 15) is 0 Å². The first kappa shape index (κ1) is 7.92. The van der Waals surface area contributed by atoms with Gasteiger partial charge in [0.1, 0.15) is 0 Å². The summed E-state index contributed by atoms with van der Waals surface area (Å²) in [5.41, 5.74) is 0. The first-order valence-electron chi connectivity index (χ1n) is 3.66.